The molecule has 0 unspecified atom stereocenters. The monoisotopic (exact) mass is 270 g/mol. The molecule has 1 fully saturated rings. The quantitative estimate of drug-likeness (QED) is 0.852. The number of nitrogens with zero attached hydrogens (tertiary/aromatic N) is 4. The first-order chi connectivity index (χ1) is 9.92. The molecule has 0 amide bonds. The van der Waals surface area contributed by atoms with E-state index >= 15 is 0 Å². The number of anilines is 1. The summed E-state index contributed by atoms with van der Waals surface area (Å²) in [6.45, 7) is 2.76. The van der Waals surface area contributed by atoms with Crippen molar-refractivity contribution in [2.75, 3.05) is 24.6 Å². The normalized spacial score (nSPS) is 16.1. The van der Waals surface area contributed by atoms with E-state index in [1.54, 1.807) is 18.6 Å². The van der Waals surface area contributed by atoms with Crippen LogP contribution in [0.1, 0.15) is 12.8 Å². The van der Waals surface area contributed by atoms with Gasteiger partial charge in [-0.2, -0.15) is 0 Å². The predicted octanol–water partition coefficient (Wildman–Crippen LogP) is 2.17. The summed E-state index contributed by atoms with van der Waals surface area (Å²) in [7, 11) is 0. The molecule has 5 nitrogen and oxygen atoms in total. The van der Waals surface area contributed by atoms with E-state index in [0.717, 1.165) is 38.4 Å². The van der Waals surface area contributed by atoms with Gasteiger partial charge in [-0.05, 0) is 24.8 Å². The minimum atomic E-state index is 0.588. The highest BCUT2D eigenvalue weighted by atomic mass is 16.5. The summed E-state index contributed by atoms with van der Waals surface area (Å²) in [5.41, 5.74) is 0. The zero-order valence-electron chi connectivity index (χ0n) is 11.4. The molecule has 0 radical (unpaired) electrons. The number of hydrogen-bond donors (Lipinski definition) is 0. The van der Waals surface area contributed by atoms with Crippen molar-refractivity contribution < 1.29 is 4.74 Å². The van der Waals surface area contributed by atoms with Gasteiger partial charge in [-0.3, -0.25) is 4.98 Å². The Morgan fingerprint density at radius 3 is 2.70 bits per heavy atom. The zero-order chi connectivity index (χ0) is 13.6. The molecule has 20 heavy (non-hydrogen) atoms. The van der Waals surface area contributed by atoms with Crippen LogP contribution in [-0.2, 0) is 0 Å². The van der Waals surface area contributed by atoms with Gasteiger partial charge in [-0.15, -0.1) is 0 Å². The lowest BCUT2D eigenvalue weighted by Gasteiger charge is -2.32. The van der Waals surface area contributed by atoms with E-state index in [1.165, 1.54) is 0 Å². The number of rotatable bonds is 4. The van der Waals surface area contributed by atoms with Gasteiger partial charge in [0.05, 0.1) is 12.8 Å². The van der Waals surface area contributed by atoms with Crippen molar-refractivity contribution >= 4 is 5.82 Å². The van der Waals surface area contributed by atoms with Crippen LogP contribution < -0.4 is 9.64 Å². The van der Waals surface area contributed by atoms with Crippen LogP contribution in [0, 0.1) is 5.92 Å². The number of piperidine rings is 1. The van der Waals surface area contributed by atoms with Gasteiger partial charge in [0, 0.05) is 37.7 Å². The van der Waals surface area contributed by atoms with Crippen LogP contribution in [0.2, 0.25) is 0 Å². The molecule has 1 saturated heterocycles. The second kappa shape index (κ2) is 6.32. The average molecular weight is 270 g/mol. The smallest absolute Gasteiger partial charge is 0.213 e. The van der Waals surface area contributed by atoms with E-state index < -0.39 is 0 Å². The molecule has 0 aromatic carbocycles. The Balaban J connectivity index is 1.47. The van der Waals surface area contributed by atoms with Gasteiger partial charge >= 0.3 is 0 Å². The molecule has 0 spiro atoms. The molecule has 3 heterocycles. The first-order valence-corrected chi connectivity index (χ1v) is 6.96. The second-order valence-corrected chi connectivity index (χ2v) is 4.97. The summed E-state index contributed by atoms with van der Waals surface area (Å²) >= 11 is 0. The van der Waals surface area contributed by atoms with E-state index in [-0.39, 0.29) is 0 Å². The van der Waals surface area contributed by atoms with E-state index in [0.29, 0.717) is 11.8 Å². The first-order valence-electron chi connectivity index (χ1n) is 6.96. The summed E-state index contributed by atoms with van der Waals surface area (Å²) in [5.74, 6) is 2.27. The maximum atomic E-state index is 5.73. The summed E-state index contributed by atoms with van der Waals surface area (Å²) < 4.78 is 5.73. The fraction of sp³-hybridized carbons (Fsp3) is 0.400. The summed E-state index contributed by atoms with van der Waals surface area (Å²) in [5, 5.41) is 0. The van der Waals surface area contributed by atoms with E-state index in [4.69, 9.17) is 4.74 Å². The van der Waals surface area contributed by atoms with Gasteiger partial charge in [0.1, 0.15) is 5.82 Å². The summed E-state index contributed by atoms with van der Waals surface area (Å²) in [6, 6.07) is 5.74. The van der Waals surface area contributed by atoms with Crippen molar-refractivity contribution in [3.8, 4) is 5.88 Å². The SMILES string of the molecule is c1ccc(OCC2CCN(c3cnccn3)CC2)nc1. The van der Waals surface area contributed by atoms with Crippen LogP contribution in [0.15, 0.2) is 43.0 Å². The van der Waals surface area contributed by atoms with Crippen LogP contribution in [0.25, 0.3) is 0 Å². The third kappa shape index (κ3) is 3.23. The lowest BCUT2D eigenvalue weighted by atomic mass is 9.98. The van der Waals surface area contributed by atoms with Crippen LogP contribution in [0.3, 0.4) is 0 Å². The fourth-order valence-electron chi connectivity index (χ4n) is 2.42. The van der Waals surface area contributed by atoms with Crippen molar-refractivity contribution in [1.82, 2.24) is 15.0 Å². The Labute approximate surface area is 118 Å². The molecule has 0 bridgehead atoms. The molecule has 2 aromatic rings. The van der Waals surface area contributed by atoms with Crippen molar-refractivity contribution in [3.63, 3.8) is 0 Å². The molecule has 3 rings (SSSR count). The molecule has 0 aliphatic carbocycles. The molecule has 0 atom stereocenters. The summed E-state index contributed by atoms with van der Waals surface area (Å²) in [4.78, 5) is 14.9. The molecule has 5 heteroatoms. The topological polar surface area (TPSA) is 51.1 Å². The molecular formula is C15H18N4O. The highest BCUT2D eigenvalue weighted by Crippen LogP contribution is 2.21. The fourth-order valence-corrected chi connectivity index (χ4v) is 2.42. The van der Waals surface area contributed by atoms with Crippen molar-refractivity contribution in [2.24, 2.45) is 5.92 Å². The Hall–Kier alpha value is -2.17. The average Bonchev–Trinajstić information content (AvgIpc) is 2.55. The third-order valence-electron chi connectivity index (χ3n) is 3.59. The van der Waals surface area contributed by atoms with Crippen molar-refractivity contribution in [1.29, 1.82) is 0 Å². The zero-order valence-corrected chi connectivity index (χ0v) is 11.4. The highest BCUT2D eigenvalue weighted by Gasteiger charge is 2.20. The molecule has 2 aromatic heterocycles. The van der Waals surface area contributed by atoms with E-state index in [9.17, 15) is 0 Å². The standard InChI is InChI=1S/C15H18N4O/c1-2-6-18-15(3-1)20-12-13-4-9-19(10-5-13)14-11-16-7-8-17-14/h1-3,6-8,11,13H,4-5,9-10,12H2. The first kappa shape index (κ1) is 12.8. The number of pyridine rings is 1. The lowest BCUT2D eigenvalue weighted by molar-refractivity contribution is 0.216. The van der Waals surface area contributed by atoms with E-state index in [2.05, 4.69) is 19.9 Å². The lowest BCUT2D eigenvalue weighted by Crippen LogP contribution is -2.36. The molecule has 0 saturated carbocycles. The van der Waals surface area contributed by atoms with Crippen molar-refractivity contribution in [3.05, 3.63) is 43.0 Å². The Kier molecular flexibility index (Phi) is 4.06. The van der Waals surface area contributed by atoms with Crippen LogP contribution in [0.4, 0.5) is 5.82 Å². The van der Waals surface area contributed by atoms with Crippen molar-refractivity contribution in [2.45, 2.75) is 12.8 Å². The minimum Gasteiger partial charge on any atom is -0.477 e. The van der Waals surface area contributed by atoms with Crippen LogP contribution >= 0.6 is 0 Å². The van der Waals surface area contributed by atoms with E-state index in [1.807, 2.05) is 24.4 Å². The largest absolute Gasteiger partial charge is 0.477 e. The van der Waals surface area contributed by atoms with Gasteiger partial charge in [0.2, 0.25) is 5.88 Å². The van der Waals surface area contributed by atoms with Gasteiger partial charge < -0.3 is 9.64 Å². The Bertz CT molecular complexity index is 512. The number of hydrogen-bond acceptors (Lipinski definition) is 5. The number of ether oxygens (including phenoxy) is 1. The Morgan fingerprint density at radius 1 is 1.10 bits per heavy atom. The molecular weight excluding hydrogens is 252 g/mol. The highest BCUT2D eigenvalue weighted by molar-refractivity contribution is 5.35. The molecule has 1 aliphatic heterocycles. The second-order valence-electron chi connectivity index (χ2n) is 4.97. The van der Waals surface area contributed by atoms with Gasteiger partial charge in [-0.1, -0.05) is 6.07 Å². The molecule has 0 N–H and O–H groups in total. The van der Waals surface area contributed by atoms with Gasteiger partial charge in [0.25, 0.3) is 0 Å². The maximum absolute atomic E-state index is 5.73. The molecule has 104 valence electrons. The maximum Gasteiger partial charge on any atom is 0.213 e. The van der Waals surface area contributed by atoms with Gasteiger partial charge in [0.15, 0.2) is 0 Å². The predicted molar refractivity (Wildman–Crippen MR) is 76.7 cm³/mol. The van der Waals surface area contributed by atoms with Crippen LogP contribution in [0.5, 0.6) is 5.88 Å². The minimum absolute atomic E-state index is 0.588. The molecule has 1 aliphatic rings. The van der Waals surface area contributed by atoms with Gasteiger partial charge in [-0.25, -0.2) is 9.97 Å². The Morgan fingerprint density at radius 2 is 2.00 bits per heavy atom. The third-order valence-corrected chi connectivity index (χ3v) is 3.59. The van der Waals surface area contributed by atoms with Crippen LogP contribution in [-0.4, -0.2) is 34.6 Å². The summed E-state index contributed by atoms with van der Waals surface area (Å²) in [6.07, 6.45) is 9.26. The number of aromatic nitrogens is 3.